The van der Waals surface area contributed by atoms with Crippen molar-refractivity contribution in [3.63, 3.8) is 0 Å². The van der Waals surface area contributed by atoms with Gasteiger partial charge in [-0.2, -0.15) is 0 Å². The Hall–Kier alpha value is -6.84. The summed E-state index contributed by atoms with van der Waals surface area (Å²) in [5.41, 5.74) is 7.55. The van der Waals surface area contributed by atoms with Crippen LogP contribution in [0.4, 0.5) is 0 Å². The summed E-state index contributed by atoms with van der Waals surface area (Å²) < 4.78 is 5.43. The maximum Gasteiger partial charge on any atom is 0.0369 e. The molecule has 0 atom stereocenters. The summed E-state index contributed by atoms with van der Waals surface area (Å²) in [4.78, 5) is 0. The fraction of sp³-hybridized carbons (Fsp3) is 0. The van der Waals surface area contributed by atoms with E-state index in [0.29, 0.717) is 0 Å². The summed E-state index contributed by atoms with van der Waals surface area (Å²) >= 11 is 3.81. The molecule has 0 N–H and O–H groups in total. The number of hydrogen-bond acceptors (Lipinski definition) is 2. The molecule has 268 valence electrons. The number of thiophene rings is 2. The molecule has 0 spiro atoms. The Bertz CT molecular complexity index is 3800. The van der Waals surface area contributed by atoms with Crippen molar-refractivity contribution in [3.05, 3.63) is 194 Å². The number of rotatable bonds is 3. The predicted octanol–water partition coefficient (Wildman–Crippen LogP) is 17.2. The van der Waals surface area contributed by atoms with Crippen LogP contribution in [0.5, 0.6) is 0 Å². The van der Waals surface area contributed by atoms with Crippen LogP contribution in [0, 0.1) is 0 Å². The topological polar surface area (TPSA) is 0 Å². The lowest BCUT2D eigenvalue weighted by molar-refractivity contribution is 1.66. The summed E-state index contributed by atoms with van der Waals surface area (Å²) in [7, 11) is 0. The van der Waals surface area contributed by atoms with Gasteiger partial charge in [-0.1, -0.05) is 140 Å². The maximum atomic E-state index is 2.43. The highest BCUT2D eigenvalue weighted by Gasteiger charge is 2.18. The Morgan fingerprint density at radius 1 is 0.207 bits per heavy atom. The van der Waals surface area contributed by atoms with Crippen molar-refractivity contribution < 1.29 is 0 Å². The van der Waals surface area contributed by atoms with E-state index in [-0.39, 0.29) is 0 Å². The van der Waals surface area contributed by atoms with E-state index >= 15 is 0 Å². The molecule has 2 heteroatoms. The van der Waals surface area contributed by atoms with Crippen LogP contribution in [0.2, 0.25) is 0 Å². The highest BCUT2D eigenvalue weighted by molar-refractivity contribution is 7.28. The lowest BCUT2D eigenvalue weighted by Crippen LogP contribution is -1.91. The van der Waals surface area contributed by atoms with E-state index in [0.717, 1.165) is 0 Å². The highest BCUT2D eigenvalue weighted by Crippen LogP contribution is 2.46. The van der Waals surface area contributed by atoms with Crippen molar-refractivity contribution >= 4 is 117 Å². The van der Waals surface area contributed by atoms with Crippen LogP contribution in [0.25, 0.3) is 128 Å². The van der Waals surface area contributed by atoms with E-state index in [1.807, 2.05) is 22.7 Å². The third-order valence-corrected chi connectivity index (χ3v) is 14.6. The number of hydrogen-bond donors (Lipinski definition) is 0. The van der Waals surface area contributed by atoms with Crippen LogP contribution >= 0.6 is 22.7 Å². The standard InChI is InChI=1S/C56H32S2/c1-2-10-34-26-40(23-17-33(34)9-1)55-44-12-3-5-14-46(44)56(47-15-6-4-13-45(47)55)41-24-22-36-25-35(18-19-37(36)27-41)38-20-21-39-29-48-50-31-49-43-11-7-8-16-51(43)57-53(49)32-54(50)58-52(48)30-42(39)28-38/h1-32H. The van der Waals surface area contributed by atoms with Gasteiger partial charge in [0.2, 0.25) is 0 Å². The number of fused-ring (bicyclic) bond motifs is 11. The van der Waals surface area contributed by atoms with Gasteiger partial charge in [0.15, 0.2) is 0 Å². The maximum absolute atomic E-state index is 2.43. The molecular formula is C56H32S2. The van der Waals surface area contributed by atoms with Gasteiger partial charge < -0.3 is 0 Å². The molecule has 0 saturated heterocycles. The van der Waals surface area contributed by atoms with Gasteiger partial charge in [0.05, 0.1) is 0 Å². The van der Waals surface area contributed by atoms with Crippen LogP contribution in [0.15, 0.2) is 194 Å². The molecule has 0 aliphatic heterocycles. The Labute approximate surface area is 342 Å². The molecule has 0 amide bonds. The smallest absolute Gasteiger partial charge is 0.0369 e. The molecule has 0 fully saturated rings. The second kappa shape index (κ2) is 12.3. The third kappa shape index (κ3) is 4.86. The van der Waals surface area contributed by atoms with Crippen LogP contribution < -0.4 is 0 Å². The molecule has 0 aliphatic carbocycles. The van der Waals surface area contributed by atoms with Gasteiger partial charge in [-0.15, -0.1) is 22.7 Å². The van der Waals surface area contributed by atoms with E-state index in [4.69, 9.17) is 0 Å². The lowest BCUT2D eigenvalue weighted by atomic mass is 9.85. The average Bonchev–Trinajstić information content (AvgIpc) is 3.82. The minimum atomic E-state index is 1.24. The SMILES string of the molecule is c1ccc2cc(-c3c4ccccc4c(-c4ccc5cc(-c6ccc7cc8c(cc7c6)sc6cc7sc9ccccc9c7cc68)ccc5c4)c4ccccc34)ccc2c1. The molecule has 0 radical (unpaired) electrons. The van der Waals surface area contributed by atoms with Crippen LogP contribution in [0.3, 0.4) is 0 Å². The normalized spacial score (nSPS) is 12.1. The molecule has 13 aromatic rings. The lowest BCUT2D eigenvalue weighted by Gasteiger charge is -2.18. The first-order chi connectivity index (χ1) is 28.7. The minimum absolute atomic E-state index is 1.24. The number of benzene rings is 11. The molecule has 11 aromatic carbocycles. The van der Waals surface area contributed by atoms with Gasteiger partial charge in [0.1, 0.15) is 0 Å². The van der Waals surface area contributed by atoms with Crippen molar-refractivity contribution in [2.75, 3.05) is 0 Å². The van der Waals surface area contributed by atoms with Gasteiger partial charge in [-0.05, 0) is 142 Å². The Morgan fingerprint density at radius 2 is 0.603 bits per heavy atom. The highest BCUT2D eigenvalue weighted by atomic mass is 32.1. The summed E-state index contributed by atoms with van der Waals surface area (Å²) in [5.74, 6) is 0. The minimum Gasteiger partial charge on any atom is -0.135 e. The van der Waals surface area contributed by atoms with E-state index in [9.17, 15) is 0 Å². The zero-order chi connectivity index (χ0) is 37.9. The molecule has 0 saturated carbocycles. The molecule has 13 rings (SSSR count). The van der Waals surface area contributed by atoms with Crippen molar-refractivity contribution in [1.29, 1.82) is 0 Å². The van der Waals surface area contributed by atoms with Crippen molar-refractivity contribution in [1.82, 2.24) is 0 Å². The first-order valence-corrected chi connectivity index (χ1v) is 21.5. The van der Waals surface area contributed by atoms with Crippen molar-refractivity contribution in [2.24, 2.45) is 0 Å². The van der Waals surface area contributed by atoms with E-state index in [1.54, 1.807) is 0 Å². The second-order valence-corrected chi connectivity index (χ2v) is 17.8. The summed E-state index contributed by atoms with van der Waals surface area (Å²) in [6.07, 6.45) is 0. The summed E-state index contributed by atoms with van der Waals surface area (Å²) in [6.45, 7) is 0. The fourth-order valence-corrected chi connectivity index (χ4v) is 12.0. The van der Waals surface area contributed by atoms with E-state index in [1.165, 1.54) is 128 Å². The fourth-order valence-electron chi connectivity index (χ4n) is 9.59. The van der Waals surface area contributed by atoms with E-state index in [2.05, 4.69) is 194 Å². The third-order valence-electron chi connectivity index (χ3n) is 12.4. The van der Waals surface area contributed by atoms with Crippen LogP contribution in [0.1, 0.15) is 0 Å². The molecule has 2 heterocycles. The monoisotopic (exact) mass is 768 g/mol. The second-order valence-electron chi connectivity index (χ2n) is 15.6. The molecule has 0 aliphatic rings. The van der Waals surface area contributed by atoms with E-state index < -0.39 is 0 Å². The Kier molecular flexibility index (Phi) is 6.86. The molecule has 0 unspecified atom stereocenters. The molecule has 58 heavy (non-hydrogen) atoms. The zero-order valence-corrected chi connectivity index (χ0v) is 32.9. The molecular weight excluding hydrogens is 737 g/mol. The van der Waals surface area contributed by atoms with Gasteiger partial charge in [-0.3, -0.25) is 0 Å². The summed E-state index contributed by atoms with van der Waals surface area (Å²) in [5, 5.41) is 18.1. The zero-order valence-electron chi connectivity index (χ0n) is 31.3. The Morgan fingerprint density at radius 3 is 1.24 bits per heavy atom. The van der Waals surface area contributed by atoms with Gasteiger partial charge in [0, 0.05) is 40.3 Å². The van der Waals surface area contributed by atoms with Gasteiger partial charge >= 0.3 is 0 Å². The summed E-state index contributed by atoms with van der Waals surface area (Å²) in [6, 6.07) is 72.8. The van der Waals surface area contributed by atoms with Crippen molar-refractivity contribution in [3.8, 4) is 33.4 Å². The quantitative estimate of drug-likeness (QED) is 0.157. The van der Waals surface area contributed by atoms with Gasteiger partial charge in [0.25, 0.3) is 0 Å². The van der Waals surface area contributed by atoms with Crippen molar-refractivity contribution in [2.45, 2.75) is 0 Å². The molecule has 0 nitrogen and oxygen atoms in total. The first kappa shape index (κ1) is 32.3. The molecule has 2 aromatic heterocycles. The largest absolute Gasteiger partial charge is 0.135 e. The van der Waals surface area contributed by atoms with Crippen LogP contribution in [-0.4, -0.2) is 0 Å². The van der Waals surface area contributed by atoms with Crippen LogP contribution in [-0.2, 0) is 0 Å². The van der Waals surface area contributed by atoms with Gasteiger partial charge in [-0.25, -0.2) is 0 Å². The first-order valence-electron chi connectivity index (χ1n) is 19.9. The predicted molar refractivity (Wildman–Crippen MR) is 256 cm³/mol. The Balaban J connectivity index is 0.906. The molecule has 0 bridgehead atoms. The average molecular weight is 769 g/mol.